The van der Waals surface area contributed by atoms with Gasteiger partial charge in [-0.1, -0.05) is 0 Å². The van der Waals surface area contributed by atoms with Crippen molar-refractivity contribution < 1.29 is 174 Å². The first-order chi connectivity index (χ1) is 36.7. The predicted molar refractivity (Wildman–Crippen MR) is 228 cm³/mol. The third kappa shape index (κ3) is 12.1. The van der Waals surface area contributed by atoms with Crippen LogP contribution in [0.25, 0.3) is 0 Å². The first-order valence-electron chi connectivity index (χ1n) is 24.6. The molecule has 21 aliphatic heterocycles. The summed E-state index contributed by atoms with van der Waals surface area (Å²) in [4.78, 5) is 0. The second-order valence-corrected chi connectivity index (χ2v) is 19.7. The zero-order valence-corrected chi connectivity index (χ0v) is 40.3. The van der Waals surface area contributed by atoms with E-state index in [0.29, 0.717) is 0 Å². The van der Waals surface area contributed by atoms with Gasteiger partial charge in [0.15, 0.2) is 44.0 Å². The molecule has 14 unspecified atom stereocenters. The highest BCUT2D eigenvalue weighted by atomic mass is 16.8. The maximum Gasteiger partial charge on any atom is 0.187 e. The van der Waals surface area contributed by atoms with Crippen molar-refractivity contribution in [2.24, 2.45) is 0 Å². The molecule has 35 nitrogen and oxygen atoms in total. The number of hydrogen-bond acceptors (Lipinski definition) is 35. The van der Waals surface area contributed by atoms with Gasteiger partial charge in [0.25, 0.3) is 0 Å². The fourth-order valence-electron chi connectivity index (χ4n) is 10.4. The zero-order chi connectivity index (χ0) is 56.1. The van der Waals surface area contributed by atoms with E-state index < -0.39 is 261 Å². The van der Waals surface area contributed by atoms with Gasteiger partial charge in [0, 0.05) is 0 Å². The molecule has 0 aliphatic carbocycles. The minimum atomic E-state index is -2.21. The number of aliphatic hydroxyl groups is 21. The molecule has 0 aromatic rings. The van der Waals surface area contributed by atoms with Crippen LogP contribution in [0.4, 0.5) is 0 Å². The Hall–Kier alpha value is -1.40. The van der Waals surface area contributed by atoms with Crippen LogP contribution < -0.4 is 0 Å². The average molecular weight is 1130 g/mol. The highest BCUT2D eigenvalue weighted by Crippen LogP contribution is 2.39. The van der Waals surface area contributed by atoms with Crippen LogP contribution in [0.3, 0.4) is 0 Å². The van der Waals surface area contributed by atoms with E-state index in [2.05, 4.69) is 0 Å². The van der Waals surface area contributed by atoms with Crippen LogP contribution in [-0.2, 0) is 66.3 Å². The Morgan fingerprint density at radius 3 is 0.351 bits per heavy atom. The van der Waals surface area contributed by atoms with Crippen molar-refractivity contribution in [2.75, 3.05) is 46.2 Å². The van der Waals surface area contributed by atoms with E-state index in [1.54, 1.807) is 0 Å². The monoisotopic (exact) mass is 1130 g/mol. The van der Waals surface area contributed by atoms with E-state index in [-0.39, 0.29) is 0 Å². The van der Waals surface area contributed by atoms with Gasteiger partial charge in [-0.25, -0.2) is 0 Å². The smallest absolute Gasteiger partial charge is 0.187 e. The van der Waals surface area contributed by atoms with Gasteiger partial charge in [-0.05, 0) is 0 Å². The third-order valence-electron chi connectivity index (χ3n) is 14.8. The summed E-state index contributed by atoms with van der Waals surface area (Å²) in [5.41, 5.74) is 0. The summed E-state index contributed by atoms with van der Waals surface area (Å²) < 4.78 is 79.5. The summed E-state index contributed by atoms with van der Waals surface area (Å²) in [7, 11) is 0. The maximum atomic E-state index is 11.3. The van der Waals surface area contributed by atoms with E-state index in [9.17, 15) is 107 Å². The quantitative estimate of drug-likeness (QED) is 0.113. The Bertz CT molecular complexity index is 1470. The van der Waals surface area contributed by atoms with Crippen molar-refractivity contribution in [1.82, 2.24) is 0 Å². The minimum absolute atomic E-state index is 1.05. The SMILES string of the molecule is OCC1O[C@@H]2O[C@@H]3C(CO)O[C@H](O[C@@H]4C(CO)O[C@H](O[C@@H]5C(CO)O[C@H](O[C@@H]6C(CO)O[C@H](O[C@@H]7C(CO)O[C@H](O[C@@H]8C(CO)O[C@H](O[C@H]1C(O)[C@@H]2O)C(O)[C@H]8O)[C@@H](O)C7O)[C@@H](O)C6O)C(O)[C@H]5O)[C@@H](O)C4O)[C@@H](O)C3O. The van der Waals surface area contributed by atoms with Gasteiger partial charge < -0.3 is 174 Å². The maximum absolute atomic E-state index is 11.3. The molecule has 21 heterocycles. The standard InChI is InChI=1S/C42H70O35/c43-1-8-29-15(50)22(57)36(64-8)72-30-9(2-44)66-38(24(59)17(30)52)74-32-11(4-46)68-40(26(61)19(32)54)76-34-13(6-48)70-42(28(63)21(34)56)77-35-14(7-49)69-41(27(62)20(35)55)75-33-12(5-47)67-39(25(60)18(33)53)73-31-10(3-45)65-37(71-29)23(58)16(31)51/h8-63H,1-7H2/t8?,9?,10?,11?,12?,13?,14?,15-,16?,17?,18?,19?,20-,21?,22?,23+,24+,25+,26+,27?,28+,29-,30-,31-,32-,33-,34-,35-,36-,37-,38-,39-,40-,41-,42-/m1/s1. The summed E-state index contributed by atoms with van der Waals surface area (Å²) in [6.45, 7) is -7.33. The van der Waals surface area contributed by atoms with Crippen LogP contribution in [0, 0.1) is 0 Å². The Balaban J connectivity index is 1.08. The summed E-state index contributed by atoms with van der Waals surface area (Å²) in [5, 5.41) is 230. The Kier molecular flexibility index (Phi) is 20.8. The van der Waals surface area contributed by atoms with Gasteiger partial charge in [0.05, 0.1) is 46.2 Å². The van der Waals surface area contributed by atoms with Crippen molar-refractivity contribution in [3.8, 4) is 0 Å². The summed E-state index contributed by atoms with van der Waals surface area (Å²) in [6.07, 6.45) is -70.2. The number of aliphatic hydroxyl groups excluding tert-OH is 21. The van der Waals surface area contributed by atoms with Gasteiger partial charge in [0.2, 0.25) is 0 Å². The van der Waals surface area contributed by atoms with E-state index in [1.807, 2.05) is 0 Å². The Morgan fingerprint density at radius 1 is 0.156 bits per heavy atom. The summed E-state index contributed by atoms with van der Waals surface area (Å²) in [6, 6.07) is 0. The second-order valence-electron chi connectivity index (χ2n) is 19.7. The van der Waals surface area contributed by atoms with Crippen LogP contribution >= 0.6 is 0 Å². The molecule has 0 radical (unpaired) electrons. The van der Waals surface area contributed by atoms with E-state index >= 15 is 0 Å². The molecule has 0 aromatic carbocycles. The van der Waals surface area contributed by atoms with E-state index in [4.69, 9.17) is 66.3 Å². The highest BCUT2D eigenvalue weighted by Gasteiger charge is 2.59. The van der Waals surface area contributed by atoms with Crippen molar-refractivity contribution in [3.05, 3.63) is 0 Å². The van der Waals surface area contributed by atoms with Crippen LogP contribution in [-0.4, -0.2) is 368 Å². The fraction of sp³-hybridized carbons (Fsp3) is 1.00. The average Bonchev–Trinajstić information content (AvgIpc) is 3.47. The van der Waals surface area contributed by atoms with Crippen molar-refractivity contribution in [3.63, 3.8) is 0 Å². The van der Waals surface area contributed by atoms with Gasteiger partial charge in [0.1, 0.15) is 171 Å². The van der Waals surface area contributed by atoms with Crippen LogP contribution in [0.15, 0.2) is 0 Å². The van der Waals surface area contributed by atoms with Gasteiger partial charge in [-0.15, -0.1) is 0 Å². The topological polar surface area (TPSA) is 554 Å². The Labute approximate surface area is 434 Å². The second kappa shape index (κ2) is 26.0. The Morgan fingerprint density at radius 2 is 0.260 bits per heavy atom. The molecule has 21 rings (SSSR count). The van der Waals surface area contributed by atoms with Crippen molar-refractivity contribution >= 4 is 0 Å². The molecule has 21 saturated heterocycles. The van der Waals surface area contributed by atoms with Gasteiger partial charge in [-0.2, -0.15) is 0 Å². The lowest BCUT2D eigenvalue weighted by Crippen LogP contribution is -2.68. The van der Waals surface area contributed by atoms with Gasteiger partial charge >= 0.3 is 0 Å². The first kappa shape index (κ1) is 61.7. The largest absolute Gasteiger partial charge is 0.394 e. The van der Waals surface area contributed by atoms with Crippen LogP contribution in [0.5, 0.6) is 0 Å². The number of hydrogen-bond donors (Lipinski definition) is 21. The summed E-state index contributed by atoms with van der Waals surface area (Å²) >= 11 is 0. The molecule has 448 valence electrons. The van der Waals surface area contributed by atoms with Crippen molar-refractivity contribution in [2.45, 2.75) is 215 Å². The molecule has 21 aliphatic rings. The zero-order valence-electron chi connectivity index (χ0n) is 40.3. The lowest BCUT2D eigenvalue weighted by Gasteiger charge is -2.50. The fourth-order valence-corrected chi connectivity index (χ4v) is 10.4. The minimum Gasteiger partial charge on any atom is -0.394 e. The molecule has 0 spiro atoms. The van der Waals surface area contributed by atoms with Gasteiger partial charge in [-0.3, -0.25) is 0 Å². The number of rotatable bonds is 7. The molecule has 35 atom stereocenters. The molecule has 14 bridgehead atoms. The van der Waals surface area contributed by atoms with E-state index in [1.165, 1.54) is 0 Å². The van der Waals surface area contributed by atoms with Crippen LogP contribution in [0.1, 0.15) is 0 Å². The molecule has 21 fully saturated rings. The molecule has 0 saturated carbocycles. The summed E-state index contributed by atoms with van der Waals surface area (Å²) in [5.74, 6) is 0. The molecular formula is C42H70O35. The van der Waals surface area contributed by atoms with Crippen molar-refractivity contribution in [1.29, 1.82) is 0 Å². The first-order valence-corrected chi connectivity index (χ1v) is 24.6. The highest BCUT2D eigenvalue weighted by molar-refractivity contribution is 5.01. The molecular weight excluding hydrogens is 1060 g/mol. The lowest BCUT2D eigenvalue weighted by molar-refractivity contribution is -0.396. The molecule has 35 heteroatoms. The number of ether oxygens (including phenoxy) is 14. The molecule has 0 aromatic heterocycles. The predicted octanol–water partition coefficient (Wildman–Crippen LogP) is -15.2. The third-order valence-corrected chi connectivity index (χ3v) is 14.8. The molecule has 21 N–H and O–H groups in total. The lowest BCUT2D eigenvalue weighted by atomic mass is 9.95. The molecule has 77 heavy (non-hydrogen) atoms. The normalized spacial score (nSPS) is 55.4. The van der Waals surface area contributed by atoms with Crippen LogP contribution in [0.2, 0.25) is 0 Å². The molecule has 0 amide bonds. The van der Waals surface area contributed by atoms with E-state index in [0.717, 1.165) is 0 Å².